The molecule has 19 heavy (non-hydrogen) atoms. The standard InChI is InChI=1S/C14H18N4S/c1-3-6-15-13-5-4-12(9-16-13)10-19-14-17-7-11(2)8-18-14/h4-5,7-9H,3,6,10H2,1-2H3,(H,15,16). The smallest absolute Gasteiger partial charge is 0.187 e. The summed E-state index contributed by atoms with van der Waals surface area (Å²) in [5.74, 6) is 1.77. The molecule has 2 heterocycles. The number of anilines is 1. The van der Waals surface area contributed by atoms with Crippen LogP contribution < -0.4 is 5.32 Å². The normalized spacial score (nSPS) is 10.4. The van der Waals surface area contributed by atoms with Gasteiger partial charge in [0.25, 0.3) is 0 Å². The SMILES string of the molecule is CCCNc1ccc(CSc2ncc(C)cn2)cn1. The molecule has 2 aromatic heterocycles. The van der Waals surface area contributed by atoms with E-state index in [2.05, 4.69) is 33.3 Å². The van der Waals surface area contributed by atoms with Gasteiger partial charge in [0.05, 0.1) is 0 Å². The first kappa shape index (κ1) is 13.8. The highest BCUT2D eigenvalue weighted by Gasteiger charge is 2.00. The second-order valence-electron chi connectivity index (χ2n) is 4.31. The van der Waals surface area contributed by atoms with E-state index in [9.17, 15) is 0 Å². The second-order valence-corrected chi connectivity index (χ2v) is 5.25. The lowest BCUT2D eigenvalue weighted by atomic mass is 10.3. The number of thioether (sulfide) groups is 1. The largest absolute Gasteiger partial charge is 0.370 e. The van der Waals surface area contributed by atoms with E-state index in [4.69, 9.17) is 0 Å². The Morgan fingerprint density at radius 3 is 2.53 bits per heavy atom. The fourth-order valence-corrected chi connectivity index (χ4v) is 2.19. The maximum atomic E-state index is 4.38. The summed E-state index contributed by atoms with van der Waals surface area (Å²) in [7, 11) is 0. The number of hydrogen-bond acceptors (Lipinski definition) is 5. The van der Waals surface area contributed by atoms with E-state index >= 15 is 0 Å². The van der Waals surface area contributed by atoms with Crippen molar-refractivity contribution < 1.29 is 0 Å². The zero-order valence-electron chi connectivity index (χ0n) is 11.3. The predicted molar refractivity (Wildman–Crippen MR) is 79.3 cm³/mol. The van der Waals surface area contributed by atoms with Crippen molar-refractivity contribution in [2.45, 2.75) is 31.2 Å². The van der Waals surface area contributed by atoms with E-state index in [0.717, 1.165) is 35.3 Å². The molecule has 0 radical (unpaired) electrons. The topological polar surface area (TPSA) is 50.7 Å². The molecule has 100 valence electrons. The average molecular weight is 274 g/mol. The minimum Gasteiger partial charge on any atom is -0.370 e. The molecule has 0 saturated heterocycles. The van der Waals surface area contributed by atoms with Gasteiger partial charge in [-0.2, -0.15) is 0 Å². The van der Waals surface area contributed by atoms with Crippen LogP contribution in [0.5, 0.6) is 0 Å². The first-order valence-corrected chi connectivity index (χ1v) is 7.36. The molecule has 0 fully saturated rings. The third kappa shape index (κ3) is 4.52. The van der Waals surface area contributed by atoms with Crippen LogP contribution in [0.25, 0.3) is 0 Å². The van der Waals surface area contributed by atoms with Gasteiger partial charge in [-0.05, 0) is 30.5 Å². The Morgan fingerprint density at radius 1 is 1.11 bits per heavy atom. The minimum absolute atomic E-state index is 0.804. The Bertz CT molecular complexity index is 496. The third-order valence-corrected chi connectivity index (χ3v) is 3.45. The lowest BCUT2D eigenvalue weighted by Gasteiger charge is -2.05. The lowest BCUT2D eigenvalue weighted by molar-refractivity contribution is 0.949. The summed E-state index contributed by atoms with van der Waals surface area (Å²) in [6, 6.07) is 4.10. The molecule has 0 amide bonds. The molecular formula is C14H18N4S. The lowest BCUT2D eigenvalue weighted by Crippen LogP contribution is -2.01. The molecule has 0 aliphatic heterocycles. The van der Waals surface area contributed by atoms with Crippen LogP contribution >= 0.6 is 11.8 Å². The number of pyridine rings is 1. The van der Waals surface area contributed by atoms with E-state index in [1.165, 1.54) is 5.56 Å². The quantitative estimate of drug-likeness (QED) is 0.647. The summed E-state index contributed by atoms with van der Waals surface area (Å²) in [4.78, 5) is 12.9. The second kappa shape index (κ2) is 7.09. The molecule has 0 aliphatic carbocycles. The van der Waals surface area contributed by atoms with Crippen molar-refractivity contribution in [2.75, 3.05) is 11.9 Å². The van der Waals surface area contributed by atoms with Gasteiger partial charge in [-0.25, -0.2) is 15.0 Å². The highest BCUT2D eigenvalue weighted by Crippen LogP contribution is 2.18. The molecule has 5 heteroatoms. The fourth-order valence-electron chi connectivity index (χ4n) is 1.47. The van der Waals surface area contributed by atoms with Gasteiger partial charge < -0.3 is 5.32 Å². The summed E-state index contributed by atoms with van der Waals surface area (Å²) in [6.07, 6.45) is 6.68. The van der Waals surface area contributed by atoms with E-state index in [1.807, 2.05) is 31.6 Å². The van der Waals surface area contributed by atoms with Crippen molar-refractivity contribution >= 4 is 17.6 Å². The van der Waals surface area contributed by atoms with E-state index in [0.29, 0.717) is 0 Å². The summed E-state index contributed by atoms with van der Waals surface area (Å²) in [5.41, 5.74) is 2.26. The van der Waals surface area contributed by atoms with Gasteiger partial charge in [-0.1, -0.05) is 24.8 Å². The monoisotopic (exact) mass is 274 g/mol. The van der Waals surface area contributed by atoms with E-state index in [-0.39, 0.29) is 0 Å². The number of nitrogens with zero attached hydrogens (tertiary/aromatic N) is 3. The first-order valence-electron chi connectivity index (χ1n) is 6.38. The van der Waals surface area contributed by atoms with Gasteiger partial charge in [0.1, 0.15) is 5.82 Å². The van der Waals surface area contributed by atoms with Crippen LogP contribution in [0.3, 0.4) is 0 Å². The van der Waals surface area contributed by atoms with Gasteiger partial charge in [0, 0.05) is 30.9 Å². The maximum Gasteiger partial charge on any atom is 0.187 e. The molecule has 2 aromatic rings. The van der Waals surface area contributed by atoms with Crippen molar-refractivity contribution in [3.63, 3.8) is 0 Å². The average Bonchev–Trinajstić information content (AvgIpc) is 2.46. The molecule has 0 atom stereocenters. The summed E-state index contributed by atoms with van der Waals surface area (Å²) < 4.78 is 0. The summed E-state index contributed by atoms with van der Waals surface area (Å²) in [5, 5.41) is 4.06. The molecular weight excluding hydrogens is 256 g/mol. The zero-order chi connectivity index (χ0) is 13.5. The first-order chi connectivity index (χ1) is 9.28. The Morgan fingerprint density at radius 2 is 1.89 bits per heavy atom. The Kier molecular flexibility index (Phi) is 5.15. The number of nitrogens with one attached hydrogen (secondary N) is 1. The van der Waals surface area contributed by atoms with Crippen molar-refractivity contribution in [1.82, 2.24) is 15.0 Å². The summed E-state index contributed by atoms with van der Waals surface area (Å²) in [6.45, 7) is 5.08. The molecule has 0 unspecified atom stereocenters. The molecule has 1 N–H and O–H groups in total. The molecule has 4 nitrogen and oxygen atoms in total. The van der Waals surface area contributed by atoms with E-state index in [1.54, 1.807) is 11.8 Å². The molecule has 0 saturated carbocycles. The van der Waals surface area contributed by atoms with Gasteiger partial charge in [0.15, 0.2) is 5.16 Å². The number of aromatic nitrogens is 3. The molecule has 2 rings (SSSR count). The van der Waals surface area contributed by atoms with Crippen molar-refractivity contribution in [1.29, 1.82) is 0 Å². The fraction of sp³-hybridized carbons (Fsp3) is 0.357. The predicted octanol–water partition coefficient (Wildman–Crippen LogP) is 3.29. The molecule has 0 spiro atoms. The van der Waals surface area contributed by atoms with Crippen LogP contribution in [0.15, 0.2) is 35.9 Å². The molecule has 0 bridgehead atoms. The molecule has 0 aliphatic rings. The van der Waals surface area contributed by atoms with Crippen molar-refractivity contribution in [3.05, 3.63) is 41.9 Å². The molecule has 0 aromatic carbocycles. The Labute approximate surface area is 118 Å². The maximum absolute atomic E-state index is 4.38. The van der Waals surface area contributed by atoms with Gasteiger partial charge in [0.2, 0.25) is 0 Å². The Hall–Kier alpha value is -1.62. The van der Waals surface area contributed by atoms with Crippen LogP contribution in [-0.2, 0) is 5.75 Å². The van der Waals surface area contributed by atoms with Crippen LogP contribution in [0, 0.1) is 6.92 Å². The van der Waals surface area contributed by atoms with Gasteiger partial charge in [-0.3, -0.25) is 0 Å². The number of rotatable bonds is 6. The number of aryl methyl sites for hydroxylation is 1. The van der Waals surface area contributed by atoms with Crippen LogP contribution in [0.1, 0.15) is 24.5 Å². The van der Waals surface area contributed by atoms with E-state index < -0.39 is 0 Å². The van der Waals surface area contributed by atoms with Gasteiger partial charge in [-0.15, -0.1) is 0 Å². The Balaban J connectivity index is 1.87. The van der Waals surface area contributed by atoms with Crippen LogP contribution in [0.4, 0.5) is 5.82 Å². The highest BCUT2D eigenvalue weighted by molar-refractivity contribution is 7.98. The van der Waals surface area contributed by atoms with Gasteiger partial charge >= 0.3 is 0 Å². The van der Waals surface area contributed by atoms with Crippen molar-refractivity contribution in [2.24, 2.45) is 0 Å². The van der Waals surface area contributed by atoms with Crippen LogP contribution in [-0.4, -0.2) is 21.5 Å². The summed E-state index contributed by atoms with van der Waals surface area (Å²) >= 11 is 1.62. The minimum atomic E-state index is 0.804. The number of hydrogen-bond donors (Lipinski definition) is 1. The van der Waals surface area contributed by atoms with Crippen LogP contribution in [0.2, 0.25) is 0 Å². The zero-order valence-corrected chi connectivity index (χ0v) is 12.1. The third-order valence-electron chi connectivity index (χ3n) is 2.51. The highest BCUT2D eigenvalue weighted by atomic mass is 32.2. The van der Waals surface area contributed by atoms with Crippen molar-refractivity contribution in [3.8, 4) is 0 Å².